The molecular formula is C43H36N6O. The Morgan fingerprint density at radius 2 is 1.18 bits per heavy atom. The molecule has 0 aliphatic heterocycles. The van der Waals surface area contributed by atoms with Gasteiger partial charge in [-0.15, -0.1) is 0 Å². The smallest absolute Gasteiger partial charge is 0.139 e. The normalized spacial score (nSPS) is 11.8. The fraction of sp³-hybridized carbons (Fsp3) is 0.140. The van der Waals surface area contributed by atoms with Crippen LogP contribution in [0.3, 0.4) is 0 Å². The summed E-state index contributed by atoms with van der Waals surface area (Å²) >= 11 is 0. The number of hydrogen-bond donors (Lipinski definition) is 0. The van der Waals surface area contributed by atoms with E-state index in [1.165, 1.54) is 32.9 Å². The maximum absolute atomic E-state index is 6.50. The van der Waals surface area contributed by atoms with Gasteiger partial charge in [-0.2, -0.15) is 15.0 Å². The summed E-state index contributed by atoms with van der Waals surface area (Å²) in [5, 5.41) is 14.0. The second-order valence-electron chi connectivity index (χ2n) is 12.8. The maximum Gasteiger partial charge on any atom is 0.139 e. The van der Waals surface area contributed by atoms with Crippen molar-refractivity contribution in [3.63, 3.8) is 0 Å². The van der Waals surface area contributed by atoms with Crippen LogP contribution < -0.4 is 4.74 Å². The van der Waals surface area contributed by atoms with Crippen LogP contribution in [0.25, 0.3) is 60.8 Å². The number of aryl methyl sites for hydroxylation is 4. The fourth-order valence-electron chi connectivity index (χ4n) is 7.39. The van der Waals surface area contributed by atoms with Crippen LogP contribution >= 0.6 is 0 Å². The largest absolute Gasteiger partial charge is 0.457 e. The lowest BCUT2D eigenvalue weighted by Gasteiger charge is -2.14. The summed E-state index contributed by atoms with van der Waals surface area (Å²) in [6.45, 7) is 8.40. The van der Waals surface area contributed by atoms with Crippen LogP contribution in [0.4, 0.5) is 0 Å². The average Bonchev–Trinajstić information content (AvgIpc) is 3.80. The molecule has 7 heteroatoms. The van der Waals surface area contributed by atoms with Gasteiger partial charge in [0.2, 0.25) is 0 Å². The van der Waals surface area contributed by atoms with Crippen molar-refractivity contribution >= 4 is 43.6 Å². The third-order valence-electron chi connectivity index (χ3n) is 9.90. The van der Waals surface area contributed by atoms with Crippen molar-refractivity contribution in [3.05, 3.63) is 144 Å². The maximum atomic E-state index is 6.50. The summed E-state index contributed by atoms with van der Waals surface area (Å²) in [6.07, 6.45) is 3.83. The molecule has 0 saturated heterocycles. The van der Waals surface area contributed by atoms with Crippen molar-refractivity contribution in [2.24, 2.45) is 0 Å². The summed E-state index contributed by atoms with van der Waals surface area (Å²) in [4.78, 5) is 6.65. The zero-order valence-corrected chi connectivity index (χ0v) is 28.6. The first-order valence-corrected chi connectivity index (χ1v) is 17.2. The van der Waals surface area contributed by atoms with Crippen LogP contribution in [0.1, 0.15) is 36.4 Å². The molecule has 9 aromatic rings. The Kier molecular flexibility index (Phi) is 7.02. The molecule has 0 amide bonds. The van der Waals surface area contributed by atoms with E-state index in [4.69, 9.17) is 9.72 Å². The highest BCUT2D eigenvalue weighted by molar-refractivity contribution is 6.12. The van der Waals surface area contributed by atoms with Crippen LogP contribution in [-0.2, 0) is 12.8 Å². The molecule has 4 aromatic heterocycles. The van der Waals surface area contributed by atoms with E-state index in [0.717, 1.165) is 69.0 Å². The van der Waals surface area contributed by atoms with Crippen LogP contribution in [0, 0.1) is 13.8 Å². The molecule has 0 bridgehead atoms. The van der Waals surface area contributed by atoms with Crippen molar-refractivity contribution in [1.82, 2.24) is 29.1 Å². The van der Waals surface area contributed by atoms with Crippen LogP contribution in [0.2, 0.25) is 0 Å². The number of hydrogen-bond acceptors (Lipinski definition) is 4. The SMILES string of the molecule is CCc1cccc2c3cccc(CC)c3n(-c3ccnc(-n4c5ccccc5c5ccc(Oc6cccc(-n7nc(C)c(C)n7)c6)cc54)c3)c12. The average molecular weight is 653 g/mol. The number of benzene rings is 5. The highest BCUT2D eigenvalue weighted by Crippen LogP contribution is 2.38. The highest BCUT2D eigenvalue weighted by Gasteiger charge is 2.19. The number of aromatic nitrogens is 6. The number of para-hydroxylation sites is 3. The Balaban J connectivity index is 1.21. The molecule has 0 saturated carbocycles. The summed E-state index contributed by atoms with van der Waals surface area (Å²) in [5.41, 5.74) is 11.0. The number of rotatable bonds is 7. The number of pyridine rings is 1. The standard InChI is InChI=1S/C43H36N6O/c1-5-29-12-9-17-37-38-18-10-13-30(6-2)43(38)47(42(29)37)31-22-23-44-41(25-31)48-39-19-8-7-16-35(39)36-21-20-34(26-40(36)48)50-33-15-11-14-32(24-33)49-45-27(3)28(4)46-49/h7-26H,5-6H2,1-4H3. The van der Waals surface area contributed by atoms with Gasteiger partial charge >= 0.3 is 0 Å². The Labute approximate surface area is 290 Å². The lowest BCUT2D eigenvalue weighted by atomic mass is 10.1. The molecule has 4 heterocycles. The molecule has 0 unspecified atom stereocenters. The summed E-state index contributed by atoms with van der Waals surface area (Å²) in [6, 6.07) is 40.4. The molecule has 0 spiro atoms. The third kappa shape index (κ3) is 4.69. The molecule has 0 radical (unpaired) electrons. The first kappa shape index (κ1) is 29.9. The van der Waals surface area contributed by atoms with Crippen LogP contribution in [-0.4, -0.2) is 29.1 Å². The van der Waals surface area contributed by atoms with Crippen molar-refractivity contribution in [3.8, 4) is 28.7 Å². The predicted molar refractivity (Wildman–Crippen MR) is 203 cm³/mol. The van der Waals surface area contributed by atoms with E-state index in [2.05, 4.69) is 118 Å². The Morgan fingerprint density at radius 1 is 0.540 bits per heavy atom. The van der Waals surface area contributed by atoms with E-state index in [1.807, 2.05) is 50.4 Å². The zero-order chi connectivity index (χ0) is 33.9. The van der Waals surface area contributed by atoms with Gasteiger partial charge in [0.25, 0.3) is 0 Å². The van der Waals surface area contributed by atoms with Gasteiger partial charge in [-0.25, -0.2) is 4.98 Å². The minimum absolute atomic E-state index is 0.710. The minimum atomic E-state index is 0.710. The predicted octanol–water partition coefficient (Wildman–Crippen LogP) is 10.4. The Bertz CT molecular complexity index is 2670. The van der Waals surface area contributed by atoms with E-state index >= 15 is 0 Å². The molecule has 50 heavy (non-hydrogen) atoms. The monoisotopic (exact) mass is 652 g/mol. The lowest BCUT2D eigenvalue weighted by Crippen LogP contribution is -2.03. The zero-order valence-electron chi connectivity index (χ0n) is 28.6. The van der Waals surface area contributed by atoms with Gasteiger partial charge < -0.3 is 9.30 Å². The molecule has 0 aliphatic rings. The van der Waals surface area contributed by atoms with Gasteiger partial charge in [0, 0.05) is 45.9 Å². The van der Waals surface area contributed by atoms with Crippen molar-refractivity contribution in [1.29, 1.82) is 0 Å². The van der Waals surface area contributed by atoms with E-state index in [9.17, 15) is 0 Å². The van der Waals surface area contributed by atoms with Gasteiger partial charge in [-0.3, -0.25) is 4.57 Å². The van der Waals surface area contributed by atoms with Crippen molar-refractivity contribution in [2.45, 2.75) is 40.5 Å². The van der Waals surface area contributed by atoms with Gasteiger partial charge in [0.1, 0.15) is 17.3 Å². The molecule has 0 fully saturated rings. The first-order valence-electron chi connectivity index (χ1n) is 17.2. The quantitative estimate of drug-likeness (QED) is 0.172. The van der Waals surface area contributed by atoms with E-state index in [0.29, 0.717) is 5.75 Å². The fourth-order valence-corrected chi connectivity index (χ4v) is 7.39. The van der Waals surface area contributed by atoms with Crippen molar-refractivity contribution in [2.75, 3.05) is 0 Å². The summed E-state index contributed by atoms with van der Waals surface area (Å²) < 4.78 is 11.2. The van der Waals surface area contributed by atoms with Crippen LogP contribution in [0.15, 0.2) is 121 Å². The topological polar surface area (TPSA) is 62.7 Å². The van der Waals surface area contributed by atoms with Gasteiger partial charge in [-0.05, 0) is 74.2 Å². The number of ether oxygens (including phenoxy) is 1. The van der Waals surface area contributed by atoms with Gasteiger partial charge in [0.15, 0.2) is 0 Å². The van der Waals surface area contributed by atoms with E-state index < -0.39 is 0 Å². The van der Waals surface area contributed by atoms with Crippen molar-refractivity contribution < 1.29 is 4.74 Å². The minimum Gasteiger partial charge on any atom is -0.457 e. The number of nitrogens with zero attached hydrogens (tertiary/aromatic N) is 6. The van der Waals surface area contributed by atoms with E-state index in [-0.39, 0.29) is 0 Å². The Morgan fingerprint density at radius 3 is 1.90 bits per heavy atom. The molecule has 0 atom stereocenters. The van der Waals surface area contributed by atoms with Gasteiger partial charge in [0.05, 0.1) is 44.8 Å². The Hall–Kier alpha value is -6.21. The van der Waals surface area contributed by atoms with E-state index in [1.54, 1.807) is 4.80 Å². The second kappa shape index (κ2) is 11.7. The first-order chi connectivity index (χ1) is 24.5. The third-order valence-corrected chi connectivity index (χ3v) is 9.90. The van der Waals surface area contributed by atoms with Gasteiger partial charge in [-0.1, -0.05) is 74.5 Å². The molecule has 7 nitrogen and oxygen atoms in total. The second-order valence-corrected chi connectivity index (χ2v) is 12.8. The summed E-state index contributed by atoms with van der Waals surface area (Å²) in [5.74, 6) is 2.29. The molecule has 0 N–H and O–H groups in total. The highest BCUT2D eigenvalue weighted by atomic mass is 16.5. The molecule has 0 aliphatic carbocycles. The molecule has 9 rings (SSSR count). The van der Waals surface area contributed by atoms with Crippen LogP contribution in [0.5, 0.6) is 11.5 Å². The summed E-state index contributed by atoms with van der Waals surface area (Å²) in [7, 11) is 0. The number of fused-ring (bicyclic) bond motifs is 6. The molecule has 5 aromatic carbocycles. The molecular weight excluding hydrogens is 617 g/mol. The molecule has 244 valence electrons. The lowest BCUT2D eigenvalue weighted by molar-refractivity contribution is 0.482.